The van der Waals surface area contributed by atoms with E-state index >= 15 is 0 Å². The van der Waals surface area contributed by atoms with Crippen LogP contribution in [0.2, 0.25) is 0 Å². The van der Waals surface area contributed by atoms with Gasteiger partial charge in [0.15, 0.2) is 0 Å². The summed E-state index contributed by atoms with van der Waals surface area (Å²) in [5, 5.41) is 0.647. The Hall–Kier alpha value is -0.310. The highest BCUT2D eigenvalue weighted by Crippen LogP contribution is 1.98. The molecule has 0 saturated carbocycles. The van der Waals surface area contributed by atoms with Crippen LogP contribution in [0.15, 0.2) is 0 Å². The molecule has 0 saturated heterocycles. The molecule has 0 fully saturated rings. The zero-order valence-electron chi connectivity index (χ0n) is 8.30. The average molecular weight is 189 g/mol. The summed E-state index contributed by atoms with van der Waals surface area (Å²) in [4.78, 5) is 2.10. The van der Waals surface area contributed by atoms with Gasteiger partial charge in [0.2, 0.25) is 0 Å². The van der Waals surface area contributed by atoms with Gasteiger partial charge in [-0.25, -0.2) is 0 Å². The topological polar surface area (TPSA) is 12.5 Å². The van der Waals surface area contributed by atoms with Gasteiger partial charge in [-0.2, -0.15) is 0 Å². The first-order valence-electron chi connectivity index (χ1n) is 4.67. The van der Waals surface area contributed by atoms with Crippen molar-refractivity contribution < 1.29 is 4.74 Å². The number of hydrogen-bond donors (Lipinski definition) is 0. The van der Waals surface area contributed by atoms with E-state index in [0.717, 1.165) is 13.1 Å². The summed E-state index contributed by atoms with van der Waals surface area (Å²) in [6.07, 6.45) is 2.38. The van der Waals surface area contributed by atoms with Crippen molar-refractivity contribution in [2.45, 2.75) is 33.6 Å². The SMILES string of the molecule is CCCCN(CC)C(=S)OCC. The molecule has 0 aromatic heterocycles. The average Bonchev–Trinajstić information content (AvgIpc) is 2.06. The number of thiocarbonyl (C=S) groups is 1. The van der Waals surface area contributed by atoms with Crippen molar-refractivity contribution in [3.63, 3.8) is 0 Å². The van der Waals surface area contributed by atoms with Gasteiger partial charge >= 0.3 is 0 Å². The maximum Gasteiger partial charge on any atom is 0.259 e. The highest BCUT2D eigenvalue weighted by atomic mass is 32.1. The van der Waals surface area contributed by atoms with Gasteiger partial charge in [0.1, 0.15) is 0 Å². The summed E-state index contributed by atoms with van der Waals surface area (Å²) < 4.78 is 5.25. The van der Waals surface area contributed by atoms with Gasteiger partial charge < -0.3 is 9.64 Å². The molecule has 0 rings (SSSR count). The van der Waals surface area contributed by atoms with Gasteiger partial charge in [0, 0.05) is 13.1 Å². The van der Waals surface area contributed by atoms with Gasteiger partial charge in [-0.1, -0.05) is 13.3 Å². The molecule has 12 heavy (non-hydrogen) atoms. The third-order valence-electron chi connectivity index (χ3n) is 1.69. The summed E-state index contributed by atoms with van der Waals surface area (Å²) >= 11 is 5.09. The van der Waals surface area contributed by atoms with E-state index in [1.165, 1.54) is 12.8 Å². The fourth-order valence-corrected chi connectivity index (χ4v) is 1.28. The van der Waals surface area contributed by atoms with E-state index in [4.69, 9.17) is 17.0 Å². The standard InChI is InChI=1S/C9H19NOS/c1-4-7-8-10(5-2)9(12)11-6-3/h4-8H2,1-3H3. The third-order valence-corrected chi connectivity index (χ3v) is 2.07. The van der Waals surface area contributed by atoms with Crippen LogP contribution in [-0.2, 0) is 4.74 Å². The van der Waals surface area contributed by atoms with Crippen LogP contribution < -0.4 is 0 Å². The summed E-state index contributed by atoms with van der Waals surface area (Å²) in [5.41, 5.74) is 0. The Labute approximate surface area is 80.9 Å². The molecule has 0 aliphatic rings. The van der Waals surface area contributed by atoms with Crippen molar-refractivity contribution in [2.75, 3.05) is 19.7 Å². The van der Waals surface area contributed by atoms with Gasteiger partial charge in [0.25, 0.3) is 5.17 Å². The number of hydrogen-bond acceptors (Lipinski definition) is 2. The lowest BCUT2D eigenvalue weighted by molar-refractivity contribution is 0.257. The van der Waals surface area contributed by atoms with Gasteiger partial charge in [-0.3, -0.25) is 0 Å². The van der Waals surface area contributed by atoms with Crippen molar-refractivity contribution in [2.24, 2.45) is 0 Å². The van der Waals surface area contributed by atoms with Crippen molar-refractivity contribution in [3.8, 4) is 0 Å². The van der Waals surface area contributed by atoms with Gasteiger partial charge in [0.05, 0.1) is 6.61 Å². The van der Waals surface area contributed by atoms with E-state index in [1.807, 2.05) is 6.92 Å². The van der Waals surface area contributed by atoms with E-state index in [1.54, 1.807) is 0 Å². The minimum Gasteiger partial charge on any atom is -0.471 e. The maximum atomic E-state index is 5.25. The molecule has 3 heteroatoms. The summed E-state index contributed by atoms with van der Waals surface area (Å²) in [5.74, 6) is 0. The third kappa shape index (κ3) is 4.54. The van der Waals surface area contributed by atoms with E-state index < -0.39 is 0 Å². The lowest BCUT2D eigenvalue weighted by Crippen LogP contribution is -2.32. The molecule has 0 unspecified atom stereocenters. The summed E-state index contributed by atoms with van der Waals surface area (Å²) in [6, 6.07) is 0. The molecule has 0 aliphatic carbocycles. The first-order valence-corrected chi connectivity index (χ1v) is 5.08. The van der Waals surface area contributed by atoms with Crippen LogP contribution in [0.1, 0.15) is 33.6 Å². The second-order valence-corrected chi connectivity index (χ2v) is 2.98. The van der Waals surface area contributed by atoms with Crippen LogP contribution in [0.25, 0.3) is 0 Å². The molecule has 2 nitrogen and oxygen atoms in total. The Morgan fingerprint density at radius 2 is 2.00 bits per heavy atom. The Kier molecular flexibility index (Phi) is 7.16. The van der Waals surface area contributed by atoms with Crippen molar-refractivity contribution in [1.29, 1.82) is 0 Å². The molecule has 0 aromatic rings. The fourth-order valence-electron chi connectivity index (χ4n) is 0.942. The van der Waals surface area contributed by atoms with E-state index in [9.17, 15) is 0 Å². The summed E-state index contributed by atoms with van der Waals surface area (Å²) in [6.45, 7) is 8.87. The molecule has 0 bridgehead atoms. The minimum atomic E-state index is 0.647. The molecule has 0 radical (unpaired) electrons. The van der Waals surface area contributed by atoms with Crippen LogP contribution in [0, 0.1) is 0 Å². The highest BCUT2D eigenvalue weighted by Gasteiger charge is 2.05. The van der Waals surface area contributed by atoms with Crippen LogP contribution in [0.5, 0.6) is 0 Å². The fraction of sp³-hybridized carbons (Fsp3) is 0.889. The predicted molar refractivity (Wildman–Crippen MR) is 56.4 cm³/mol. The normalized spacial score (nSPS) is 9.58. The van der Waals surface area contributed by atoms with Crippen LogP contribution in [-0.4, -0.2) is 29.8 Å². The molecule has 0 amide bonds. The Balaban J connectivity index is 3.71. The zero-order chi connectivity index (χ0) is 9.40. The number of rotatable bonds is 5. The Morgan fingerprint density at radius 1 is 1.33 bits per heavy atom. The van der Waals surface area contributed by atoms with E-state index in [-0.39, 0.29) is 0 Å². The second kappa shape index (κ2) is 7.35. The van der Waals surface area contributed by atoms with Gasteiger partial charge in [-0.05, 0) is 32.5 Å². The van der Waals surface area contributed by atoms with Crippen molar-refractivity contribution in [1.82, 2.24) is 4.90 Å². The molecule has 0 atom stereocenters. The number of ether oxygens (including phenoxy) is 1. The monoisotopic (exact) mass is 189 g/mol. The molecule has 72 valence electrons. The van der Waals surface area contributed by atoms with Crippen molar-refractivity contribution >= 4 is 17.4 Å². The molecule has 0 aliphatic heterocycles. The smallest absolute Gasteiger partial charge is 0.259 e. The largest absolute Gasteiger partial charge is 0.471 e. The number of unbranched alkanes of at least 4 members (excludes halogenated alkanes) is 1. The van der Waals surface area contributed by atoms with Crippen LogP contribution in [0.4, 0.5) is 0 Å². The maximum absolute atomic E-state index is 5.25. The lowest BCUT2D eigenvalue weighted by Gasteiger charge is -2.22. The van der Waals surface area contributed by atoms with Gasteiger partial charge in [-0.15, -0.1) is 0 Å². The minimum absolute atomic E-state index is 0.647. The zero-order valence-corrected chi connectivity index (χ0v) is 9.12. The summed E-state index contributed by atoms with van der Waals surface area (Å²) in [7, 11) is 0. The number of nitrogens with zero attached hydrogens (tertiary/aromatic N) is 1. The van der Waals surface area contributed by atoms with E-state index in [0.29, 0.717) is 11.8 Å². The lowest BCUT2D eigenvalue weighted by atomic mass is 10.3. The molecule has 0 spiro atoms. The molecule has 0 aromatic carbocycles. The molecular formula is C9H19NOS. The first-order chi connectivity index (χ1) is 5.76. The molecular weight excluding hydrogens is 170 g/mol. The second-order valence-electron chi connectivity index (χ2n) is 2.63. The van der Waals surface area contributed by atoms with Crippen LogP contribution >= 0.6 is 12.2 Å². The Bertz CT molecular complexity index is 128. The Morgan fingerprint density at radius 3 is 2.42 bits per heavy atom. The van der Waals surface area contributed by atoms with Crippen molar-refractivity contribution in [3.05, 3.63) is 0 Å². The molecule has 0 heterocycles. The van der Waals surface area contributed by atoms with E-state index in [2.05, 4.69) is 18.7 Å². The predicted octanol–water partition coefficient (Wildman–Crippen LogP) is 2.43. The highest BCUT2D eigenvalue weighted by molar-refractivity contribution is 7.80. The van der Waals surface area contributed by atoms with Crippen LogP contribution in [0.3, 0.4) is 0 Å². The quantitative estimate of drug-likeness (QED) is 0.616. The molecule has 0 N–H and O–H groups in total. The first kappa shape index (κ1) is 11.7.